The third kappa shape index (κ3) is 4.32. The number of nitrogens with one attached hydrogen (secondary N) is 1. The van der Waals surface area contributed by atoms with Gasteiger partial charge in [0.15, 0.2) is 0 Å². The quantitative estimate of drug-likeness (QED) is 0.814. The molecule has 0 spiro atoms. The van der Waals surface area contributed by atoms with E-state index in [-0.39, 0.29) is 10.8 Å². The van der Waals surface area contributed by atoms with Crippen LogP contribution in [0.2, 0.25) is 0 Å². The van der Waals surface area contributed by atoms with Crippen molar-refractivity contribution in [2.24, 2.45) is 0 Å². The summed E-state index contributed by atoms with van der Waals surface area (Å²) in [6.45, 7) is 3.76. The van der Waals surface area contributed by atoms with Crippen LogP contribution < -0.4 is 5.32 Å². The van der Waals surface area contributed by atoms with Gasteiger partial charge in [-0.05, 0) is 42.5 Å². The van der Waals surface area contributed by atoms with E-state index in [1.807, 2.05) is 17.5 Å². The fraction of sp³-hybridized carbons (Fsp3) is 0.389. The molecule has 1 aromatic heterocycles. The lowest BCUT2D eigenvalue weighted by atomic mass is 10.1. The molecule has 3 rings (SSSR count). The minimum atomic E-state index is -3.62. The molecule has 0 atom stereocenters. The first-order valence-corrected chi connectivity index (χ1v) is 10.8. The van der Waals surface area contributed by atoms with Gasteiger partial charge in [0.1, 0.15) is 0 Å². The Morgan fingerprint density at radius 3 is 2.73 bits per heavy atom. The highest BCUT2D eigenvalue weighted by Crippen LogP contribution is 2.20. The third-order valence-corrected chi connectivity index (χ3v) is 7.13. The van der Waals surface area contributed by atoms with Crippen molar-refractivity contribution in [3.8, 4) is 0 Å². The van der Waals surface area contributed by atoms with Crippen LogP contribution in [-0.4, -0.2) is 51.5 Å². The van der Waals surface area contributed by atoms with Gasteiger partial charge < -0.3 is 10.1 Å². The molecule has 140 valence electrons. The van der Waals surface area contributed by atoms with Crippen LogP contribution in [0.3, 0.4) is 0 Å². The van der Waals surface area contributed by atoms with Gasteiger partial charge >= 0.3 is 0 Å². The van der Waals surface area contributed by atoms with Crippen LogP contribution in [0, 0.1) is 6.92 Å². The summed E-state index contributed by atoms with van der Waals surface area (Å²) in [5.41, 5.74) is 1.14. The topological polar surface area (TPSA) is 75.7 Å². The maximum Gasteiger partial charge on any atom is 0.251 e. The molecule has 0 saturated carbocycles. The number of sulfonamides is 1. The van der Waals surface area contributed by atoms with Crippen molar-refractivity contribution in [1.29, 1.82) is 0 Å². The molecule has 2 aromatic rings. The van der Waals surface area contributed by atoms with Crippen LogP contribution in [-0.2, 0) is 21.2 Å². The zero-order valence-electron chi connectivity index (χ0n) is 14.6. The molecule has 1 fully saturated rings. The van der Waals surface area contributed by atoms with Crippen molar-refractivity contribution < 1.29 is 17.9 Å². The minimum absolute atomic E-state index is 0.147. The van der Waals surface area contributed by atoms with Gasteiger partial charge in [-0.2, -0.15) is 4.31 Å². The number of rotatable bonds is 6. The van der Waals surface area contributed by atoms with E-state index in [0.29, 0.717) is 38.4 Å². The smallest absolute Gasteiger partial charge is 0.251 e. The fourth-order valence-electron chi connectivity index (χ4n) is 2.79. The highest BCUT2D eigenvalue weighted by Gasteiger charge is 2.27. The Labute approximate surface area is 157 Å². The van der Waals surface area contributed by atoms with Crippen molar-refractivity contribution in [2.75, 3.05) is 32.8 Å². The van der Waals surface area contributed by atoms with Crippen LogP contribution >= 0.6 is 11.3 Å². The second-order valence-corrected chi connectivity index (χ2v) is 9.05. The van der Waals surface area contributed by atoms with Crippen molar-refractivity contribution >= 4 is 27.3 Å². The highest BCUT2D eigenvalue weighted by atomic mass is 32.2. The largest absolute Gasteiger partial charge is 0.379 e. The second kappa shape index (κ2) is 8.30. The van der Waals surface area contributed by atoms with Gasteiger partial charge in [0, 0.05) is 30.1 Å². The van der Waals surface area contributed by atoms with Crippen LogP contribution in [0.5, 0.6) is 0 Å². The SMILES string of the molecule is Cc1ccc(S(=O)(=O)N2CCOCC2)cc1C(=O)NCCc1cccs1. The van der Waals surface area contributed by atoms with Gasteiger partial charge in [-0.3, -0.25) is 4.79 Å². The Balaban J connectivity index is 1.73. The van der Waals surface area contributed by atoms with E-state index in [9.17, 15) is 13.2 Å². The Kier molecular flexibility index (Phi) is 6.08. The normalized spacial score (nSPS) is 15.7. The second-order valence-electron chi connectivity index (χ2n) is 6.08. The summed E-state index contributed by atoms with van der Waals surface area (Å²) in [6, 6.07) is 8.72. The van der Waals surface area contributed by atoms with Crippen LogP contribution in [0.25, 0.3) is 0 Å². The van der Waals surface area contributed by atoms with Crippen molar-refractivity contribution in [2.45, 2.75) is 18.2 Å². The van der Waals surface area contributed by atoms with E-state index in [0.717, 1.165) is 12.0 Å². The molecule has 1 aliphatic rings. The summed E-state index contributed by atoms with van der Waals surface area (Å²) in [5, 5.41) is 4.88. The number of carbonyl (C=O) groups excluding carboxylic acids is 1. The molecule has 1 saturated heterocycles. The molecule has 1 aromatic carbocycles. The number of benzene rings is 1. The van der Waals surface area contributed by atoms with Gasteiger partial charge in [0.2, 0.25) is 10.0 Å². The molecular weight excluding hydrogens is 372 g/mol. The Bertz CT molecular complexity index is 857. The number of nitrogens with zero attached hydrogens (tertiary/aromatic N) is 1. The molecule has 0 bridgehead atoms. The number of amides is 1. The van der Waals surface area contributed by atoms with Crippen LogP contribution in [0.4, 0.5) is 0 Å². The number of morpholine rings is 1. The lowest BCUT2D eigenvalue weighted by Gasteiger charge is -2.26. The van der Waals surface area contributed by atoms with Crippen molar-refractivity contribution in [1.82, 2.24) is 9.62 Å². The Morgan fingerprint density at radius 2 is 2.04 bits per heavy atom. The molecule has 1 N–H and O–H groups in total. The maximum absolute atomic E-state index is 12.8. The summed E-state index contributed by atoms with van der Waals surface area (Å²) >= 11 is 1.65. The average Bonchev–Trinajstić information content (AvgIpc) is 3.16. The number of aryl methyl sites for hydroxylation is 1. The lowest BCUT2D eigenvalue weighted by molar-refractivity contribution is 0.0730. The molecule has 6 nitrogen and oxygen atoms in total. The standard InChI is InChI=1S/C18H22N2O4S2/c1-14-4-5-16(26(22,23)20-8-10-24-11-9-20)13-17(14)18(21)19-7-6-15-3-2-12-25-15/h2-5,12-13H,6-11H2,1H3,(H,19,21). The molecule has 0 unspecified atom stereocenters. The first kappa shape index (κ1) is 19.0. The van der Waals surface area contributed by atoms with E-state index in [4.69, 9.17) is 4.74 Å². The number of ether oxygens (including phenoxy) is 1. The average molecular weight is 395 g/mol. The predicted octanol–water partition coefficient (Wildman–Crippen LogP) is 2.05. The molecule has 8 heteroatoms. The summed E-state index contributed by atoms with van der Waals surface area (Å²) in [6.07, 6.45) is 0.758. The lowest BCUT2D eigenvalue weighted by Crippen LogP contribution is -2.40. The third-order valence-electron chi connectivity index (χ3n) is 4.30. The van der Waals surface area contributed by atoms with Gasteiger partial charge in [-0.15, -0.1) is 11.3 Å². The fourth-order valence-corrected chi connectivity index (χ4v) is 4.94. The van der Waals surface area contributed by atoms with E-state index >= 15 is 0 Å². The Morgan fingerprint density at radius 1 is 1.27 bits per heavy atom. The summed E-state index contributed by atoms with van der Waals surface area (Å²) < 4.78 is 32.2. The highest BCUT2D eigenvalue weighted by molar-refractivity contribution is 7.89. The predicted molar refractivity (Wildman–Crippen MR) is 101 cm³/mol. The zero-order chi connectivity index (χ0) is 18.6. The number of hydrogen-bond acceptors (Lipinski definition) is 5. The van der Waals surface area contributed by atoms with E-state index < -0.39 is 10.0 Å². The monoisotopic (exact) mass is 394 g/mol. The molecule has 0 aliphatic carbocycles. The first-order chi connectivity index (χ1) is 12.5. The Hall–Kier alpha value is -1.74. The van der Waals surface area contributed by atoms with E-state index in [1.54, 1.807) is 30.4 Å². The number of hydrogen-bond donors (Lipinski definition) is 1. The van der Waals surface area contributed by atoms with Crippen LogP contribution in [0.15, 0.2) is 40.6 Å². The summed E-state index contributed by atoms with van der Waals surface area (Å²) in [4.78, 5) is 13.9. The molecule has 2 heterocycles. The summed E-state index contributed by atoms with van der Waals surface area (Å²) in [5.74, 6) is -0.252. The minimum Gasteiger partial charge on any atom is -0.379 e. The number of thiophene rings is 1. The molecule has 0 radical (unpaired) electrons. The zero-order valence-corrected chi connectivity index (χ0v) is 16.2. The van der Waals surface area contributed by atoms with E-state index in [2.05, 4.69) is 5.32 Å². The number of carbonyl (C=O) groups is 1. The molecule has 1 amide bonds. The van der Waals surface area contributed by atoms with Gasteiger partial charge in [-0.1, -0.05) is 12.1 Å². The van der Waals surface area contributed by atoms with Gasteiger partial charge in [-0.25, -0.2) is 8.42 Å². The molecule has 1 aliphatic heterocycles. The maximum atomic E-state index is 12.8. The summed E-state index contributed by atoms with van der Waals surface area (Å²) in [7, 11) is -3.62. The molecular formula is C18H22N2O4S2. The first-order valence-electron chi connectivity index (χ1n) is 8.47. The van der Waals surface area contributed by atoms with E-state index in [1.165, 1.54) is 15.2 Å². The van der Waals surface area contributed by atoms with Gasteiger partial charge in [0.25, 0.3) is 5.91 Å². The van der Waals surface area contributed by atoms with Crippen LogP contribution in [0.1, 0.15) is 20.8 Å². The van der Waals surface area contributed by atoms with Crippen molar-refractivity contribution in [3.05, 3.63) is 51.7 Å². The molecule has 26 heavy (non-hydrogen) atoms. The van der Waals surface area contributed by atoms with Gasteiger partial charge in [0.05, 0.1) is 18.1 Å². The van der Waals surface area contributed by atoms with Crippen molar-refractivity contribution in [3.63, 3.8) is 0 Å².